The Balaban J connectivity index is 1.17. The number of benzene rings is 2. The highest BCUT2D eigenvalue weighted by molar-refractivity contribution is 5.79. The van der Waals surface area contributed by atoms with Crippen molar-refractivity contribution in [2.24, 2.45) is 0 Å². The first-order chi connectivity index (χ1) is 19.6. The van der Waals surface area contributed by atoms with Gasteiger partial charge in [-0.2, -0.15) is 0 Å². The largest absolute Gasteiger partial charge is 0.454 e. The Kier molecular flexibility index (Phi) is 6.70. The van der Waals surface area contributed by atoms with Gasteiger partial charge in [-0.15, -0.1) is 5.10 Å². The third-order valence-corrected chi connectivity index (χ3v) is 8.14. The van der Waals surface area contributed by atoms with E-state index in [1.807, 2.05) is 29.8 Å². The maximum atomic E-state index is 13.6. The molecule has 4 aromatic rings. The average Bonchev–Trinajstić information content (AvgIpc) is 3.73. The Hall–Kier alpha value is -3.80. The number of piperazine rings is 1. The van der Waals surface area contributed by atoms with Crippen LogP contribution in [0.2, 0.25) is 0 Å². The van der Waals surface area contributed by atoms with Crippen LogP contribution in [0.5, 0.6) is 11.5 Å². The topological polar surface area (TPSA) is 111 Å². The smallest absolute Gasteiger partial charge is 0.253 e. The number of H-pyrrole nitrogens is 1. The number of pyridine rings is 1. The zero-order chi connectivity index (χ0) is 27.1. The van der Waals surface area contributed by atoms with E-state index in [0.29, 0.717) is 17.9 Å². The van der Waals surface area contributed by atoms with Crippen molar-refractivity contribution >= 4 is 10.9 Å². The second-order valence-corrected chi connectivity index (χ2v) is 10.9. The SMILES string of the molecule is Cc1ccc2cc([C@@H](c3nnnn3C[C@@H]3CCCO3)N3CCN(Cc4ccc5c(c4)OCO5)CC3)c(=O)[nH]c2c1. The third kappa shape index (κ3) is 4.96. The van der Waals surface area contributed by atoms with Crippen molar-refractivity contribution in [1.82, 2.24) is 35.0 Å². The van der Waals surface area contributed by atoms with Crippen LogP contribution in [-0.2, 0) is 17.8 Å². The van der Waals surface area contributed by atoms with Crippen molar-refractivity contribution in [3.8, 4) is 11.5 Å². The van der Waals surface area contributed by atoms with Crippen LogP contribution < -0.4 is 15.0 Å². The van der Waals surface area contributed by atoms with Crippen LogP contribution in [0, 0.1) is 6.92 Å². The van der Waals surface area contributed by atoms with E-state index in [9.17, 15) is 4.79 Å². The van der Waals surface area contributed by atoms with Crippen molar-refractivity contribution in [2.45, 2.75) is 45.0 Å². The molecule has 11 nitrogen and oxygen atoms in total. The fourth-order valence-electron chi connectivity index (χ4n) is 6.03. The summed E-state index contributed by atoms with van der Waals surface area (Å²) >= 11 is 0. The molecule has 0 amide bonds. The molecule has 3 aliphatic rings. The molecular formula is C29H33N7O4. The van der Waals surface area contributed by atoms with Gasteiger partial charge < -0.3 is 19.2 Å². The maximum Gasteiger partial charge on any atom is 0.253 e. The Labute approximate surface area is 231 Å². The number of aromatic nitrogens is 5. The van der Waals surface area contributed by atoms with Gasteiger partial charge >= 0.3 is 0 Å². The van der Waals surface area contributed by atoms with Crippen molar-refractivity contribution < 1.29 is 14.2 Å². The molecule has 40 heavy (non-hydrogen) atoms. The lowest BCUT2D eigenvalue weighted by Crippen LogP contribution is -2.48. The van der Waals surface area contributed by atoms with Gasteiger partial charge in [-0.1, -0.05) is 18.2 Å². The molecule has 0 unspecified atom stereocenters. The minimum atomic E-state index is -0.376. The molecule has 5 heterocycles. The molecule has 0 radical (unpaired) electrons. The zero-order valence-corrected chi connectivity index (χ0v) is 22.6. The zero-order valence-electron chi connectivity index (χ0n) is 22.6. The summed E-state index contributed by atoms with van der Waals surface area (Å²) in [5, 5.41) is 13.8. The first-order valence-electron chi connectivity index (χ1n) is 14.0. The van der Waals surface area contributed by atoms with E-state index in [4.69, 9.17) is 14.2 Å². The number of hydrogen-bond donors (Lipinski definition) is 1. The lowest BCUT2D eigenvalue weighted by atomic mass is 10.0. The quantitative estimate of drug-likeness (QED) is 0.376. The number of aryl methyl sites for hydroxylation is 1. The second-order valence-electron chi connectivity index (χ2n) is 10.9. The van der Waals surface area contributed by atoms with E-state index >= 15 is 0 Å². The number of nitrogens with zero attached hydrogens (tertiary/aromatic N) is 6. The molecule has 2 fully saturated rings. The molecular weight excluding hydrogens is 510 g/mol. The van der Waals surface area contributed by atoms with Gasteiger partial charge in [-0.05, 0) is 71.0 Å². The number of fused-ring (bicyclic) bond motifs is 2. The third-order valence-electron chi connectivity index (χ3n) is 8.14. The lowest BCUT2D eigenvalue weighted by Gasteiger charge is -2.38. The van der Waals surface area contributed by atoms with Gasteiger partial charge in [0, 0.05) is 50.4 Å². The summed E-state index contributed by atoms with van der Waals surface area (Å²) in [5.41, 5.74) is 3.67. The highest BCUT2D eigenvalue weighted by Gasteiger charge is 2.33. The number of hydrogen-bond acceptors (Lipinski definition) is 9. The summed E-state index contributed by atoms with van der Waals surface area (Å²) in [5.74, 6) is 2.28. The summed E-state index contributed by atoms with van der Waals surface area (Å²) < 4.78 is 18.7. The van der Waals surface area contributed by atoms with Crippen molar-refractivity contribution in [2.75, 3.05) is 39.6 Å². The molecule has 0 aliphatic carbocycles. The van der Waals surface area contributed by atoms with E-state index in [2.05, 4.69) is 54.6 Å². The van der Waals surface area contributed by atoms with Crippen molar-refractivity contribution in [1.29, 1.82) is 0 Å². The monoisotopic (exact) mass is 543 g/mol. The van der Waals surface area contributed by atoms with E-state index in [0.717, 1.165) is 80.1 Å². The average molecular weight is 544 g/mol. The van der Waals surface area contributed by atoms with Gasteiger partial charge in [0.25, 0.3) is 5.56 Å². The van der Waals surface area contributed by atoms with Crippen molar-refractivity contribution in [3.63, 3.8) is 0 Å². The van der Waals surface area contributed by atoms with E-state index in [-0.39, 0.29) is 24.5 Å². The normalized spacial score (nSPS) is 20.4. The van der Waals surface area contributed by atoms with Crippen LogP contribution in [0.1, 0.15) is 41.4 Å². The first-order valence-corrected chi connectivity index (χ1v) is 14.0. The standard InChI is InChI=1S/C29H33N7O4/c1-19-4-6-21-15-23(29(37)30-24(21)13-19)27(28-31-32-33-36(28)17-22-3-2-12-38-22)35-10-8-34(9-11-35)16-20-5-7-25-26(14-20)40-18-39-25/h4-7,13-15,22,27H,2-3,8-12,16-18H2,1H3,(H,30,37)/t22-,27-/m0/s1. The van der Waals surface area contributed by atoms with E-state index < -0.39 is 0 Å². The summed E-state index contributed by atoms with van der Waals surface area (Å²) in [7, 11) is 0. The van der Waals surface area contributed by atoms with Crippen LogP contribution in [0.15, 0.2) is 47.3 Å². The minimum absolute atomic E-state index is 0.0827. The van der Waals surface area contributed by atoms with Crippen LogP contribution in [0.25, 0.3) is 10.9 Å². The highest BCUT2D eigenvalue weighted by atomic mass is 16.7. The number of nitrogens with one attached hydrogen (secondary N) is 1. The molecule has 0 spiro atoms. The molecule has 2 aromatic heterocycles. The molecule has 2 aromatic carbocycles. The molecule has 11 heteroatoms. The van der Waals surface area contributed by atoms with Crippen molar-refractivity contribution in [3.05, 3.63) is 75.3 Å². The molecule has 1 N–H and O–H groups in total. The Morgan fingerprint density at radius 2 is 1.93 bits per heavy atom. The molecule has 0 bridgehead atoms. The van der Waals surface area contributed by atoms with Gasteiger partial charge in [0.15, 0.2) is 17.3 Å². The summed E-state index contributed by atoms with van der Waals surface area (Å²) in [6.07, 6.45) is 2.11. The first kappa shape index (κ1) is 25.2. The summed E-state index contributed by atoms with van der Waals surface area (Å²) in [4.78, 5) is 21.4. The summed E-state index contributed by atoms with van der Waals surface area (Å²) in [6, 6.07) is 13.9. The summed E-state index contributed by atoms with van der Waals surface area (Å²) in [6.45, 7) is 7.71. The lowest BCUT2D eigenvalue weighted by molar-refractivity contribution is 0.0840. The fourth-order valence-corrected chi connectivity index (χ4v) is 6.03. The number of rotatable bonds is 7. The Morgan fingerprint density at radius 1 is 1.05 bits per heavy atom. The number of aromatic amines is 1. The Morgan fingerprint density at radius 3 is 2.77 bits per heavy atom. The predicted molar refractivity (Wildman–Crippen MR) is 147 cm³/mol. The maximum absolute atomic E-state index is 13.6. The van der Waals surface area contributed by atoms with Gasteiger partial charge in [0.2, 0.25) is 6.79 Å². The molecule has 0 saturated carbocycles. The molecule has 2 saturated heterocycles. The second kappa shape index (κ2) is 10.6. The molecule has 3 aliphatic heterocycles. The van der Waals surface area contributed by atoms with Crippen LogP contribution >= 0.6 is 0 Å². The molecule has 7 rings (SSSR count). The van der Waals surface area contributed by atoms with Crippen LogP contribution in [-0.4, -0.2) is 80.7 Å². The number of tetrazole rings is 1. The van der Waals surface area contributed by atoms with E-state index in [1.54, 1.807) is 0 Å². The van der Waals surface area contributed by atoms with Crippen LogP contribution in [0.3, 0.4) is 0 Å². The van der Waals surface area contributed by atoms with Gasteiger partial charge in [0.05, 0.1) is 12.6 Å². The van der Waals surface area contributed by atoms with Gasteiger partial charge in [-0.25, -0.2) is 4.68 Å². The Bertz CT molecular complexity index is 1570. The van der Waals surface area contributed by atoms with Gasteiger partial charge in [-0.3, -0.25) is 14.6 Å². The fraction of sp³-hybridized carbons (Fsp3) is 0.448. The van der Waals surface area contributed by atoms with Gasteiger partial charge in [0.1, 0.15) is 6.04 Å². The predicted octanol–water partition coefficient (Wildman–Crippen LogP) is 2.64. The molecule has 2 atom stereocenters. The molecule has 208 valence electrons. The van der Waals surface area contributed by atoms with Crippen LogP contribution in [0.4, 0.5) is 0 Å². The highest BCUT2D eigenvalue weighted by Crippen LogP contribution is 2.33. The minimum Gasteiger partial charge on any atom is -0.454 e. The van der Waals surface area contributed by atoms with E-state index in [1.165, 1.54) is 5.56 Å². The number of ether oxygens (including phenoxy) is 3.